The van der Waals surface area contributed by atoms with E-state index in [4.69, 9.17) is 38.2 Å². The molecule has 0 N–H and O–H groups in total. The average molecular weight is 627 g/mol. The van der Waals surface area contributed by atoms with Gasteiger partial charge in [0.15, 0.2) is 17.3 Å². The molecule has 246 valence electrons. The smallest absolute Gasteiger partial charge is 0.320 e. The Balaban J connectivity index is 1.56. The molecule has 3 aliphatic heterocycles. The zero-order chi connectivity index (χ0) is 31.8. The van der Waals surface area contributed by atoms with Gasteiger partial charge in [0.25, 0.3) is 0 Å². The normalized spacial score (nSPS) is 23.8. The molecule has 0 aliphatic carbocycles. The Morgan fingerprint density at radius 1 is 0.933 bits per heavy atom. The molecular formula is C34H46N2O9. The van der Waals surface area contributed by atoms with Crippen molar-refractivity contribution in [3.8, 4) is 23.0 Å². The molecule has 0 bridgehead atoms. The lowest BCUT2D eigenvalue weighted by molar-refractivity contribution is -0.246. The van der Waals surface area contributed by atoms with Gasteiger partial charge in [-0.2, -0.15) is 4.89 Å². The van der Waals surface area contributed by atoms with Crippen LogP contribution in [0.25, 0.3) is 0 Å². The molecule has 3 heterocycles. The highest BCUT2D eigenvalue weighted by molar-refractivity contribution is 5.79. The van der Waals surface area contributed by atoms with Crippen LogP contribution in [0.15, 0.2) is 48.2 Å². The SMILES string of the molecule is CCOc1cc(CC2C(C3=CCOO3)C(=O)OC2(OCCN2CCN(C)CC2)c2ccc(OC)cc2)cc(OCC)c1OCC. The molecule has 2 aromatic carbocycles. The lowest BCUT2D eigenvalue weighted by Crippen LogP contribution is -2.47. The summed E-state index contributed by atoms with van der Waals surface area (Å²) in [6.07, 6.45) is 2.16. The maximum absolute atomic E-state index is 13.9. The molecule has 0 saturated carbocycles. The van der Waals surface area contributed by atoms with E-state index in [9.17, 15) is 4.79 Å². The summed E-state index contributed by atoms with van der Waals surface area (Å²) in [6, 6.07) is 11.4. The van der Waals surface area contributed by atoms with E-state index < -0.39 is 23.6 Å². The third-order valence-corrected chi connectivity index (χ3v) is 8.45. The predicted octanol–water partition coefficient (Wildman–Crippen LogP) is 4.19. The van der Waals surface area contributed by atoms with Crippen LogP contribution in [0.4, 0.5) is 0 Å². The molecule has 45 heavy (non-hydrogen) atoms. The summed E-state index contributed by atoms with van der Waals surface area (Å²) in [5.41, 5.74) is 1.58. The Labute approximate surface area is 265 Å². The number of benzene rings is 2. The number of nitrogens with zero attached hydrogens (tertiary/aromatic N) is 2. The summed E-state index contributed by atoms with van der Waals surface area (Å²) < 4.78 is 36.6. The standard InChI is InChI=1S/C34H46N2O9/c1-6-39-29-22-24(23-30(40-7-2)32(29)41-8-3)21-27-31(28-13-19-43-45-28)33(37)44-34(27,25-9-11-26(38-5)12-10-25)42-20-18-36-16-14-35(4)15-17-36/h9-13,22-23,27,31H,6-8,14-21H2,1-5H3. The van der Waals surface area contributed by atoms with Crippen LogP contribution in [0.2, 0.25) is 0 Å². The molecule has 0 aromatic heterocycles. The first-order valence-electron chi connectivity index (χ1n) is 15.9. The molecule has 0 spiro atoms. The lowest BCUT2D eigenvalue weighted by Gasteiger charge is -2.37. The number of ether oxygens (including phenoxy) is 6. The largest absolute Gasteiger partial charge is 0.497 e. The molecule has 3 unspecified atom stereocenters. The van der Waals surface area contributed by atoms with Gasteiger partial charge in [-0.1, -0.05) is 0 Å². The minimum atomic E-state index is -1.41. The number of carbonyl (C=O) groups excluding carboxylic acids is 1. The molecular weight excluding hydrogens is 580 g/mol. The second-order valence-electron chi connectivity index (χ2n) is 11.3. The van der Waals surface area contributed by atoms with Crippen LogP contribution in [0.1, 0.15) is 31.9 Å². The average Bonchev–Trinajstić information content (AvgIpc) is 3.66. The van der Waals surface area contributed by atoms with Crippen LogP contribution >= 0.6 is 0 Å². The summed E-state index contributed by atoms with van der Waals surface area (Å²) in [4.78, 5) is 29.3. The summed E-state index contributed by atoms with van der Waals surface area (Å²) in [5.74, 6) is -0.327. The minimum Gasteiger partial charge on any atom is -0.497 e. The number of hydrogen-bond acceptors (Lipinski definition) is 11. The van der Waals surface area contributed by atoms with E-state index >= 15 is 0 Å². The Kier molecular flexibility index (Phi) is 11.1. The van der Waals surface area contributed by atoms with Gasteiger partial charge < -0.3 is 38.2 Å². The van der Waals surface area contributed by atoms with Crippen molar-refractivity contribution in [3.63, 3.8) is 0 Å². The highest BCUT2D eigenvalue weighted by atomic mass is 17.2. The molecule has 2 fully saturated rings. The van der Waals surface area contributed by atoms with Gasteiger partial charge in [-0.05, 0) is 82.3 Å². The fourth-order valence-corrected chi connectivity index (χ4v) is 6.20. The van der Waals surface area contributed by atoms with Crippen molar-refractivity contribution in [1.82, 2.24) is 9.80 Å². The molecule has 11 nitrogen and oxygen atoms in total. The van der Waals surface area contributed by atoms with E-state index in [0.717, 1.165) is 31.7 Å². The highest BCUT2D eigenvalue weighted by Gasteiger charge is 2.60. The van der Waals surface area contributed by atoms with Gasteiger partial charge in [-0.15, -0.1) is 0 Å². The van der Waals surface area contributed by atoms with Crippen LogP contribution in [-0.4, -0.2) is 95.7 Å². The van der Waals surface area contributed by atoms with Gasteiger partial charge in [0, 0.05) is 38.3 Å². The van der Waals surface area contributed by atoms with E-state index in [1.165, 1.54) is 0 Å². The van der Waals surface area contributed by atoms with Gasteiger partial charge in [-0.3, -0.25) is 9.69 Å². The number of methoxy groups -OCH3 is 1. The van der Waals surface area contributed by atoms with Gasteiger partial charge in [0.1, 0.15) is 18.3 Å². The molecule has 5 rings (SSSR count). The van der Waals surface area contributed by atoms with Gasteiger partial charge >= 0.3 is 5.97 Å². The maximum atomic E-state index is 13.9. The quantitative estimate of drug-likeness (QED) is 0.210. The molecule has 11 heteroatoms. The number of cyclic esters (lactones) is 1. The summed E-state index contributed by atoms with van der Waals surface area (Å²) in [5, 5.41) is 0. The van der Waals surface area contributed by atoms with Crippen molar-refractivity contribution in [2.75, 3.05) is 79.9 Å². The lowest BCUT2D eigenvalue weighted by atomic mass is 9.78. The third kappa shape index (κ3) is 7.33. The monoisotopic (exact) mass is 626 g/mol. The minimum absolute atomic E-state index is 0.248. The summed E-state index contributed by atoms with van der Waals surface area (Å²) in [6.45, 7) is 12.3. The molecule has 0 radical (unpaired) electrons. The van der Waals surface area contributed by atoms with Crippen LogP contribution in [0.3, 0.4) is 0 Å². The van der Waals surface area contributed by atoms with Gasteiger partial charge in [0.2, 0.25) is 11.5 Å². The highest BCUT2D eigenvalue weighted by Crippen LogP contribution is 2.51. The van der Waals surface area contributed by atoms with Crippen LogP contribution in [0, 0.1) is 11.8 Å². The molecule has 3 aliphatic rings. The van der Waals surface area contributed by atoms with E-state index in [-0.39, 0.29) is 6.61 Å². The van der Waals surface area contributed by atoms with E-state index in [1.54, 1.807) is 13.2 Å². The van der Waals surface area contributed by atoms with Crippen molar-refractivity contribution in [2.45, 2.75) is 33.0 Å². The van der Waals surface area contributed by atoms with E-state index in [0.29, 0.717) is 73.7 Å². The Morgan fingerprint density at radius 2 is 1.60 bits per heavy atom. The van der Waals surface area contributed by atoms with E-state index in [1.807, 2.05) is 57.2 Å². The van der Waals surface area contributed by atoms with Gasteiger partial charge in [-0.25, -0.2) is 0 Å². The second-order valence-corrected chi connectivity index (χ2v) is 11.3. The molecule has 3 atom stereocenters. The fraction of sp³-hybridized carbons (Fsp3) is 0.559. The van der Waals surface area contributed by atoms with Crippen LogP contribution in [-0.2, 0) is 36.3 Å². The number of rotatable bonds is 15. The van der Waals surface area contributed by atoms with Crippen molar-refractivity contribution in [3.05, 3.63) is 59.4 Å². The maximum Gasteiger partial charge on any atom is 0.320 e. The van der Waals surface area contributed by atoms with Gasteiger partial charge in [0.05, 0.1) is 39.5 Å². The molecule has 2 saturated heterocycles. The summed E-state index contributed by atoms with van der Waals surface area (Å²) >= 11 is 0. The number of piperazine rings is 1. The predicted molar refractivity (Wildman–Crippen MR) is 166 cm³/mol. The van der Waals surface area contributed by atoms with Crippen LogP contribution in [0.5, 0.6) is 23.0 Å². The fourth-order valence-electron chi connectivity index (χ4n) is 6.20. The first-order chi connectivity index (χ1) is 21.9. The van der Waals surface area contributed by atoms with Crippen molar-refractivity contribution < 1.29 is 43.0 Å². The topological polar surface area (TPSA) is 97.4 Å². The Hall–Kier alpha value is -3.51. The van der Waals surface area contributed by atoms with Crippen LogP contribution < -0.4 is 18.9 Å². The Bertz CT molecular complexity index is 1280. The van der Waals surface area contributed by atoms with Crippen molar-refractivity contribution in [1.29, 1.82) is 0 Å². The molecule has 0 amide bonds. The number of likely N-dealkylation sites (N-methyl/N-ethyl adjacent to an activating group) is 1. The first-order valence-corrected chi connectivity index (χ1v) is 15.9. The molecule has 2 aromatic rings. The first kappa shape index (κ1) is 32.9. The number of carbonyl (C=O) groups is 1. The van der Waals surface area contributed by atoms with Crippen molar-refractivity contribution in [2.24, 2.45) is 11.8 Å². The third-order valence-electron chi connectivity index (χ3n) is 8.45. The Morgan fingerprint density at radius 3 is 2.18 bits per heavy atom. The summed E-state index contributed by atoms with van der Waals surface area (Å²) in [7, 11) is 3.75. The number of hydrogen-bond donors (Lipinski definition) is 0. The zero-order valence-electron chi connectivity index (χ0n) is 27.0. The van der Waals surface area contributed by atoms with E-state index in [2.05, 4.69) is 16.8 Å². The number of esters is 1. The van der Waals surface area contributed by atoms with Crippen molar-refractivity contribution >= 4 is 5.97 Å². The second kappa shape index (κ2) is 15.2. The zero-order valence-corrected chi connectivity index (χ0v) is 27.0.